The summed E-state index contributed by atoms with van der Waals surface area (Å²) in [6, 6.07) is 0.00987. The third-order valence-corrected chi connectivity index (χ3v) is 2.10. The lowest BCUT2D eigenvalue weighted by Gasteiger charge is -2.26. The molecule has 0 bridgehead atoms. The highest BCUT2D eigenvalue weighted by molar-refractivity contribution is 5.74. The van der Waals surface area contributed by atoms with Gasteiger partial charge in [-0.2, -0.15) is 0 Å². The molecule has 0 saturated carbocycles. The highest BCUT2D eigenvalue weighted by Gasteiger charge is 2.14. The van der Waals surface area contributed by atoms with Crippen LogP contribution in [0.1, 0.15) is 27.2 Å². The van der Waals surface area contributed by atoms with Crippen molar-refractivity contribution in [2.45, 2.75) is 33.2 Å². The number of carbonyl (C=O) groups is 2. The summed E-state index contributed by atoms with van der Waals surface area (Å²) in [5.74, 6) is -1.01. The number of carbonyl (C=O) groups excluding carboxylic acids is 1. The highest BCUT2D eigenvalue weighted by atomic mass is 16.5. The molecule has 0 aliphatic carbocycles. The van der Waals surface area contributed by atoms with Gasteiger partial charge in [-0.05, 0) is 20.3 Å². The van der Waals surface area contributed by atoms with Gasteiger partial charge in [0.25, 0.3) is 0 Å². The molecule has 17 heavy (non-hydrogen) atoms. The van der Waals surface area contributed by atoms with Gasteiger partial charge in [0.2, 0.25) is 0 Å². The zero-order valence-corrected chi connectivity index (χ0v) is 10.7. The monoisotopic (exact) mass is 246 g/mol. The fourth-order valence-electron chi connectivity index (χ4n) is 1.33. The number of aliphatic carboxylic acids is 1. The molecule has 6 heteroatoms. The molecule has 0 aromatic heterocycles. The molecule has 0 rings (SSSR count). The Labute approximate surface area is 102 Å². The summed E-state index contributed by atoms with van der Waals surface area (Å²) in [7, 11) is 0. The third-order valence-electron chi connectivity index (χ3n) is 2.10. The molecular weight excluding hydrogens is 224 g/mol. The molecule has 0 radical (unpaired) electrons. The first-order valence-corrected chi connectivity index (χ1v) is 5.83. The van der Waals surface area contributed by atoms with E-state index in [2.05, 4.69) is 5.32 Å². The number of hydrogen-bond donors (Lipinski definition) is 2. The van der Waals surface area contributed by atoms with Gasteiger partial charge in [0.05, 0.1) is 6.61 Å². The van der Waals surface area contributed by atoms with Gasteiger partial charge in [-0.1, -0.05) is 6.92 Å². The van der Waals surface area contributed by atoms with Crippen LogP contribution in [0.15, 0.2) is 0 Å². The highest BCUT2D eigenvalue weighted by Crippen LogP contribution is 1.99. The quantitative estimate of drug-likeness (QED) is 0.624. The van der Waals surface area contributed by atoms with E-state index in [1.807, 2.05) is 20.8 Å². The molecule has 0 fully saturated rings. The molecule has 0 spiro atoms. The standard InChI is InChI=1S/C11H22N2O4/c1-4-6-13(9(2)3)11(16)12-5-7-17-8-10(14)15/h9H,4-8H2,1-3H3,(H,12,16)(H,14,15). The normalized spacial score (nSPS) is 10.4. The average molecular weight is 246 g/mol. The lowest BCUT2D eigenvalue weighted by molar-refractivity contribution is -0.142. The Morgan fingerprint density at radius 3 is 2.53 bits per heavy atom. The topological polar surface area (TPSA) is 78.9 Å². The lowest BCUT2D eigenvalue weighted by Crippen LogP contribution is -2.45. The average Bonchev–Trinajstić information content (AvgIpc) is 2.24. The summed E-state index contributed by atoms with van der Waals surface area (Å²) in [5, 5.41) is 11.0. The number of nitrogens with one attached hydrogen (secondary N) is 1. The molecule has 0 unspecified atom stereocenters. The Hall–Kier alpha value is -1.30. The predicted octanol–water partition coefficient (Wildman–Crippen LogP) is 0.918. The fourth-order valence-corrected chi connectivity index (χ4v) is 1.33. The number of carboxylic acid groups (broad SMARTS) is 1. The van der Waals surface area contributed by atoms with Gasteiger partial charge in [-0.3, -0.25) is 0 Å². The molecule has 0 aliphatic heterocycles. The number of carboxylic acids is 1. The molecule has 0 atom stereocenters. The summed E-state index contributed by atoms with van der Waals surface area (Å²) in [4.78, 5) is 23.6. The van der Waals surface area contributed by atoms with Crippen LogP contribution in [0, 0.1) is 0 Å². The van der Waals surface area contributed by atoms with Crippen LogP contribution >= 0.6 is 0 Å². The first-order valence-electron chi connectivity index (χ1n) is 5.83. The minimum atomic E-state index is -1.01. The van der Waals surface area contributed by atoms with E-state index in [1.54, 1.807) is 4.90 Å². The summed E-state index contributed by atoms with van der Waals surface area (Å²) in [5.41, 5.74) is 0. The zero-order valence-electron chi connectivity index (χ0n) is 10.7. The van der Waals surface area contributed by atoms with Crippen molar-refractivity contribution in [3.63, 3.8) is 0 Å². The van der Waals surface area contributed by atoms with Gasteiger partial charge in [0.15, 0.2) is 0 Å². The first-order chi connectivity index (χ1) is 7.99. The molecule has 2 amide bonds. The maximum absolute atomic E-state index is 11.7. The number of urea groups is 1. The van der Waals surface area contributed by atoms with Gasteiger partial charge in [-0.15, -0.1) is 0 Å². The van der Waals surface area contributed by atoms with E-state index < -0.39 is 5.97 Å². The second kappa shape index (κ2) is 8.81. The molecule has 0 aromatic rings. The number of rotatable bonds is 8. The Balaban J connectivity index is 3.78. The maximum atomic E-state index is 11.7. The molecule has 0 saturated heterocycles. The predicted molar refractivity (Wildman–Crippen MR) is 64.0 cm³/mol. The van der Waals surface area contributed by atoms with Crippen LogP contribution in [0.5, 0.6) is 0 Å². The van der Waals surface area contributed by atoms with Gasteiger partial charge in [0.1, 0.15) is 6.61 Å². The van der Waals surface area contributed by atoms with E-state index in [0.29, 0.717) is 13.1 Å². The molecule has 100 valence electrons. The largest absolute Gasteiger partial charge is 0.480 e. The number of ether oxygens (including phenoxy) is 1. The number of nitrogens with zero attached hydrogens (tertiary/aromatic N) is 1. The number of amides is 2. The lowest BCUT2D eigenvalue weighted by atomic mass is 10.3. The van der Waals surface area contributed by atoms with Gasteiger partial charge in [0, 0.05) is 19.1 Å². The van der Waals surface area contributed by atoms with Crippen LogP contribution in [0.4, 0.5) is 4.79 Å². The minimum Gasteiger partial charge on any atom is -0.480 e. The second-order valence-electron chi connectivity index (χ2n) is 3.97. The Morgan fingerprint density at radius 1 is 1.41 bits per heavy atom. The number of hydrogen-bond acceptors (Lipinski definition) is 3. The minimum absolute atomic E-state index is 0.138. The van der Waals surface area contributed by atoms with Crippen molar-refractivity contribution in [2.24, 2.45) is 0 Å². The van der Waals surface area contributed by atoms with Crippen LogP contribution in [-0.2, 0) is 9.53 Å². The van der Waals surface area contributed by atoms with Crippen molar-refractivity contribution in [1.29, 1.82) is 0 Å². The van der Waals surface area contributed by atoms with Crippen molar-refractivity contribution in [2.75, 3.05) is 26.3 Å². The van der Waals surface area contributed by atoms with Crippen LogP contribution in [0.25, 0.3) is 0 Å². The Bertz CT molecular complexity index is 244. The van der Waals surface area contributed by atoms with E-state index in [4.69, 9.17) is 9.84 Å². The summed E-state index contributed by atoms with van der Waals surface area (Å²) in [6.07, 6.45) is 0.904. The van der Waals surface area contributed by atoms with Crippen molar-refractivity contribution >= 4 is 12.0 Å². The van der Waals surface area contributed by atoms with Crippen LogP contribution in [0.3, 0.4) is 0 Å². The van der Waals surface area contributed by atoms with Crippen LogP contribution in [-0.4, -0.2) is 54.4 Å². The molecule has 0 aliphatic rings. The van der Waals surface area contributed by atoms with Crippen LogP contribution in [0.2, 0.25) is 0 Å². The van der Waals surface area contributed by atoms with Gasteiger partial charge >= 0.3 is 12.0 Å². The van der Waals surface area contributed by atoms with E-state index in [9.17, 15) is 9.59 Å². The van der Waals surface area contributed by atoms with Crippen molar-refractivity contribution < 1.29 is 19.4 Å². The summed E-state index contributed by atoms with van der Waals surface area (Å²) < 4.78 is 4.81. The molecule has 0 heterocycles. The van der Waals surface area contributed by atoms with Crippen molar-refractivity contribution in [3.05, 3.63) is 0 Å². The summed E-state index contributed by atoms with van der Waals surface area (Å²) >= 11 is 0. The second-order valence-corrected chi connectivity index (χ2v) is 3.97. The smallest absolute Gasteiger partial charge is 0.329 e. The van der Waals surface area contributed by atoms with E-state index in [0.717, 1.165) is 6.42 Å². The van der Waals surface area contributed by atoms with Crippen molar-refractivity contribution in [3.8, 4) is 0 Å². The third kappa shape index (κ3) is 7.57. The van der Waals surface area contributed by atoms with Crippen molar-refractivity contribution in [1.82, 2.24) is 10.2 Å². The fraction of sp³-hybridized carbons (Fsp3) is 0.818. The Morgan fingerprint density at radius 2 is 2.06 bits per heavy atom. The Kier molecular flexibility index (Phi) is 8.13. The molecule has 2 N–H and O–H groups in total. The first kappa shape index (κ1) is 15.7. The summed E-state index contributed by atoms with van der Waals surface area (Å²) in [6.45, 7) is 6.82. The van der Waals surface area contributed by atoms with E-state index in [-0.39, 0.29) is 25.3 Å². The molecule has 0 aromatic carbocycles. The SMILES string of the molecule is CCCN(C(=O)NCCOCC(=O)O)C(C)C. The van der Waals surface area contributed by atoms with E-state index in [1.165, 1.54) is 0 Å². The maximum Gasteiger partial charge on any atom is 0.329 e. The van der Waals surface area contributed by atoms with E-state index >= 15 is 0 Å². The van der Waals surface area contributed by atoms with Crippen LogP contribution < -0.4 is 5.32 Å². The molecule has 6 nitrogen and oxygen atoms in total. The van der Waals surface area contributed by atoms with Gasteiger partial charge < -0.3 is 20.1 Å². The molecular formula is C11H22N2O4. The zero-order chi connectivity index (χ0) is 13.3. The van der Waals surface area contributed by atoms with Gasteiger partial charge in [-0.25, -0.2) is 9.59 Å².